The van der Waals surface area contributed by atoms with E-state index in [9.17, 15) is 20.2 Å². The molecule has 13 atom stereocenters. The van der Waals surface area contributed by atoms with Gasteiger partial charge in [-0.3, -0.25) is 9.69 Å². The minimum absolute atomic E-state index is 0.0326. The highest BCUT2D eigenvalue weighted by atomic mass is 16.6. The smallest absolute Gasteiger partial charge is 0.343 e. The van der Waals surface area contributed by atoms with Crippen LogP contribution < -0.4 is 15.0 Å². The Hall–Kier alpha value is -4.50. The number of para-hydroxylation sites is 1. The van der Waals surface area contributed by atoms with Gasteiger partial charge in [-0.05, 0) is 61.1 Å². The number of aliphatic hydroxyl groups is 2. The van der Waals surface area contributed by atoms with E-state index >= 15 is 4.79 Å². The molecule has 0 radical (unpaired) electrons. The fraction of sp³-hybridized carbons (Fsp3) is 0.569. The van der Waals surface area contributed by atoms with Gasteiger partial charge in [-0.25, -0.2) is 4.79 Å². The van der Waals surface area contributed by atoms with Crippen molar-refractivity contribution in [3.63, 3.8) is 0 Å². The highest BCUT2D eigenvalue weighted by Crippen LogP contribution is 2.68. The maximum atomic E-state index is 15.5. The molecule has 0 aromatic heterocycles. The number of ether oxygens (including phenoxy) is 4. The number of piperidine rings is 1. The predicted molar refractivity (Wildman–Crippen MR) is 240 cm³/mol. The molecule has 340 valence electrons. The molecule has 6 unspecified atom stereocenters. The average Bonchev–Trinajstić information content (AvgIpc) is 3.57. The molecule has 8 aliphatic rings. The number of nitrogens with zero attached hydrogens (tertiary/aromatic N) is 3. The van der Waals surface area contributed by atoms with Crippen molar-refractivity contribution in [2.75, 3.05) is 70.8 Å². The number of hydroxylamine groups is 3. The van der Waals surface area contributed by atoms with Crippen molar-refractivity contribution < 1.29 is 43.4 Å². The molecule has 3 N–H and O–H groups in total. The molecule has 5 fully saturated rings. The van der Waals surface area contributed by atoms with E-state index in [2.05, 4.69) is 35.3 Å². The Bertz CT molecular complexity index is 2420. The summed E-state index contributed by atoms with van der Waals surface area (Å²) in [7, 11) is 4.94. The van der Waals surface area contributed by atoms with Crippen molar-refractivity contribution in [1.29, 1.82) is 0 Å². The Balaban J connectivity index is 1.12. The van der Waals surface area contributed by atoms with Gasteiger partial charge >= 0.3 is 11.9 Å². The summed E-state index contributed by atoms with van der Waals surface area (Å²) in [6.45, 7) is 6.59. The second kappa shape index (κ2) is 14.5. The topological polar surface area (TPSA) is 156 Å². The molecule has 64 heavy (non-hydrogen) atoms. The van der Waals surface area contributed by atoms with Crippen molar-refractivity contribution in [2.24, 2.45) is 11.3 Å². The van der Waals surface area contributed by atoms with Crippen LogP contribution in [-0.4, -0.2) is 134 Å². The van der Waals surface area contributed by atoms with Crippen molar-refractivity contribution in [3.8, 4) is 5.75 Å². The summed E-state index contributed by atoms with van der Waals surface area (Å²) in [5.74, 6) is -1.28. The van der Waals surface area contributed by atoms with Crippen LogP contribution in [0.25, 0.3) is 0 Å². The van der Waals surface area contributed by atoms with Crippen molar-refractivity contribution in [3.05, 3.63) is 106 Å². The number of nitrogens with one attached hydrogen (secondary N) is 1. The number of likely N-dealkylation sites (N-methyl/N-ethyl adjacent to an activating group) is 1. The van der Waals surface area contributed by atoms with Crippen LogP contribution in [-0.2, 0) is 41.1 Å². The molecule has 13 heteroatoms. The van der Waals surface area contributed by atoms with Crippen molar-refractivity contribution in [2.45, 2.75) is 111 Å². The van der Waals surface area contributed by atoms with Gasteiger partial charge in [0.25, 0.3) is 0 Å². The molecular weight excluding hydrogens is 813 g/mol. The van der Waals surface area contributed by atoms with E-state index in [1.54, 1.807) is 7.11 Å². The third kappa shape index (κ3) is 5.39. The van der Waals surface area contributed by atoms with Gasteiger partial charge in [-0.15, -0.1) is 0 Å². The van der Waals surface area contributed by atoms with E-state index < -0.39 is 57.6 Å². The number of fused-ring (bicyclic) bond motifs is 8. The van der Waals surface area contributed by atoms with Gasteiger partial charge in [-0.2, -0.15) is 0 Å². The Morgan fingerprint density at radius 2 is 1.80 bits per heavy atom. The highest BCUT2D eigenvalue weighted by Gasteiger charge is 2.79. The monoisotopic (exact) mass is 874 g/mol. The molecule has 3 aromatic carbocycles. The van der Waals surface area contributed by atoms with Crippen LogP contribution in [0, 0.1) is 16.5 Å². The van der Waals surface area contributed by atoms with E-state index in [4.69, 9.17) is 18.9 Å². The summed E-state index contributed by atoms with van der Waals surface area (Å²) in [6, 6.07) is 20.2. The minimum Gasteiger partial charge on any atom is -0.633 e. The molecule has 7 heterocycles. The highest BCUT2D eigenvalue weighted by molar-refractivity contribution is 5.90. The Kier molecular flexibility index (Phi) is 9.55. The number of rotatable bonds is 9. The van der Waals surface area contributed by atoms with Gasteiger partial charge < -0.3 is 49.2 Å². The number of carbonyl (C=O) groups is 2. The lowest BCUT2D eigenvalue weighted by Gasteiger charge is -2.63. The van der Waals surface area contributed by atoms with Gasteiger partial charge in [0.15, 0.2) is 0 Å². The van der Waals surface area contributed by atoms with Crippen LogP contribution in [0.2, 0.25) is 0 Å². The summed E-state index contributed by atoms with van der Waals surface area (Å²) < 4.78 is 24.7. The molecule has 1 aliphatic carbocycles. The average molecular weight is 875 g/mol. The summed E-state index contributed by atoms with van der Waals surface area (Å²) in [5, 5.41) is 45.1. The number of esters is 2. The number of hydrogen-bond donors (Lipinski definition) is 3. The Labute approximate surface area is 375 Å². The second-order valence-corrected chi connectivity index (χ2v) is 20.3. The number of benzene rings is 3. The lowest BCUT2D eigenvalue weighted by molar-refractivity contribution is -0.890. The predicted octanol–water partition coefficient (Wildman–Crippen LogP) is 4.96. The number of aliphatic hydroxyl groups excluding tert-OH is 1. The molecule has 1 spiro atoms. The van der Waals surface area contributed by atoms with E-state index in [1.807, 2.05) is 79.5 Å². The van der Waals surface area contributed by atoms with Gasteiger partial charge in [-0.1, -0.05) is 74.5 Å². The fourth-order valence-electron chi connectivity index (χ4n) is 15.2. The summed E-state index contributed by atoms with van der Waals surface area (Å²) >= 11 is 0. The number of methoxy groups -OCH3 is 2. The van der Waals surface area contributed by atoms with Crippen LogP contribution in [0.1, 0.15) is 74.1 Å². The number of hydrogen-bond acceptors (Lipinski definition) is 12. The minimum atomic E-state index is -2.36. The number of epoxide rings is 1. The van der Waals surface area contributed by atoms with Crippen molar-refractivity contribution in [1.82, 2.24) is 4.90 Å². The third-order valence-electron chi connectivity index (χ3n) is 17.8. The first-order chi connectivity index (χ1) is 30.8. The normalized spacial score (nSPS) is 40.8. The molecule has 2 bridgehead atoms. The zero-order valence-electron chi connectivity index (χ0n) is 37.6. The van der Waals surface area contributed by atoms with E-state index in [1.165, 1.54) is 7.11 Å². The first-order valence-electron chi connectivity index (χ1n) is 23.5. The number of carbonyl (C=O) groups excluding carboxylic acids is 2. The number of quaternary nitrogens is 1. The standard InChI is InChI=1S/C51H62N4O9/c1-6-47-20-13-22-54-23-21-49(42(47)54)35-26-36(39(61-4)27-38(35)53(3)43(49)51(59,44(47)56)46(58)63-25-19-31-14-9-8-10-15-31)50(45(57)62-5)28-32-29-55(60,30-48(7-2)41(32)64-48)24-18-34-33-16-11-12-17-37(33)52-40(34)50/h8-17,20,26-27,32,34,40-44,52,56,59H,6-7,18-19,21-25,28-30H2,1-5H3/t32?,34?,40?,41?,42-,43+,44+,47+,48?,49+,50+,51-,55?/m1/s1. The molecule has 3 aromatic rings. The van der Waals surface area contributed by atoms with Crippen LogP contribution in [0.4, 0.5) is 11.4 Å². The zero-order valence-corrected chi connectivity index (χ0v) is 37.6. The van der Waals surface area contributed by atoms with Gasteiger partial charge in [0.1, 0.15) is 35.5 Å². The molecule has 11 rings (SSSR count). The van der Waals surface area contributed by atoms with E-state index in [-0.39, 0.29) is 41.7 Å². The zero-order chi connectivity index (χ0) is 44.6. The largest absolute Gasteiger partial charge is 0.633 e. The van der Waals surface area contributed by atoms with Gasteiger partial charge in [0, 0.05) is 78.1 Å². The molecular formula is C51H62N4O9. The maximum Gasteiger partial charge on any atom is 0.343 e. The maximum absolute atomic E-state index is 15.5. The SMILES string of the molecule is CCC12C[N+]3([O-])CCC4c5ccccc5NC4[C@@](C(=O)OC)(c4cc5c(cc4OC)N(C)[C@@H]4[C@](O)(C(=O)OCCc6ccccc6)[C@@H](O)[C@@]6(CC)C=CCN7CC[C@@]54[C@H]76)CC(C3)C1O2. The quantitative estimate of drug-likeness (QED) is 0.0876. The fourth-order valence-corrected chi connectivity index (χ4v) is 15.2. The first-order valence-corrected chi connectivity index (χ1v) is 23.5. The molecule has 4 saturated heterocycles. The summed E-state index contributed by atoms with van der Waals surface area (Å²) in [5.41, 5.74) is -0.947. The van der Waals surface area contributed by atoms with Crippen molar-refractivity contribution >= 4 is 23.3 Å². The summed E-state index contributed by atoms with van der Waals surface area (Å²) in [6.07, 6.45) is 5.45. The van der Waals surface area contributed by atoms with Gasteiger partial charge in [0.2, 0.25) is 5.60 Å². The molecule has 0 amide bonds. The Morgan fingerprint density at radius 3 is 2.55 bits per heavy atom. The van der Waals surface area contributed by atoms with Crippen LogP contribution in [0.3, 0.4) is 0 Å². The second-order valence-electron chi connectivity index (χ2n) is 20.3. The lowest BCUT2D eigenvalue weighted by atomic mass is 9.47. The molecule has 7 aliphatic heterocycles. The molecule has 1 saturated carbocycles. The Morgan fingerprint density at radius 1 is 1.02 bits per heavy atom. The third-order valence-corrected chi connectivity index (χ3v) is 17.8. The van der Waals surface area contributed by atoms with Crippen LogP contribution >= 0.6 is 0 Å². The number of anilines is 2. The van der Waals surface area contributed by atoms with Crippen LogP contribution in [0.5, 0.6) is 5.75 Å². The summed E-state index contributed by atoms with van der Waals surface area (Å²) in [4.78, 5) is 34.8. The van der Waals surface area contributed by atoms with E-state index in [0.29, 0.717) is 76.1 Å². The van der Waals surface area contributed by atoms with E-state index in [0.717, 1.165) is 28.1 Å². The van der Waals surface area contributed by atoms with Gasteiger partial charge in [0.05, 0.1) is 46.0 Å². The first kappa shape index (κ1) is 42.2. The van der Waals surface area contributed by atoms with Crippen LogP contribution in [0.15, 0.2) is 78.9 Å². The molecule has 13 nitrogen and oxygen atoms in total. The lowest BCUT2D eigenvalue weighted by Crippen LogP contribution is -2.80.